The smallest absolute Gasteiger partial charge is 0.264 e. The number of halogens is 3. The van der Waals surface area contributed by atoms with E-state index in [1.807, 2.05) is 44.2 Å². The van der Waals surface area contributed by atoms with E-state index in [1.165, 1.54) is 49.5 Å². The van der Waals surface area contributed by atoms with Crippen LogP contribution in [0.4, 0.5) is 10.1 Å². The van der Waals surface area contributed by atoms with Crippen LogP contribution in [-0.4, -0.2) is 58.5 Å². The molecular formula is C36H38Cl2FN3O6S. The first-order chi connectivity index (χ1) is 23.3. The van der Waals surface area contributed by atoms with Gasteiger partial charge in [-0.1, -0.05) is 73.4 Å². The SMILES string of the molecule is COc1ccc(S(=O)(=O)N(CC(=O)N(Cc2c(Cl)cccc2Cl)[C@@H](Cc2ccccc2)C(=O)NCC(C)C)c2ccc(F)cc2)cc1OC. The van der Waals surface area contributed by atoms with Crippen LogP contribution in [0.25, 0.3) is 0 Å². The molecule has 0 aliphatic rings. The van der Waals surface area contributed by atoms with Crippen molar-refractivity contribution in [2.45, 2.75) is 37.8 Å². The highest BCUT2D eigenvalue weighted by Gasteiger charge is 2.35. The van der Waals surface area contributed by atoms with Crippen molar-refractivity contribution in [1.29, 1.82) is 0 Å². The quantitative estimate of drug-likeness (QED) is 0.145. The number of methoxy groups -OCH3 is 2. The number of hydrogen-bond acceptors (Lipinski definition) is 6. The molecule has 0 saturated heterocycles. The number of nitrogens with one attached hydrogen (secondary N) is 1. The Hall–Kier alpha value is -4.32. The largest absolute Gasteiger partial charge is 0.493 e. The Morgan fingerprint density at radius 3 is 2.08 bits per heavy atom. The fourth-order valence-corrected chi connectivity index (χ4v) is 7.02. The zero-order valence-corrected chi connectivity index (χ0v) is 29.9. The molecule has 1 N–H and O–H groups in total. The van der Waals surface area contributed by atoms with E-state index >= 15 is 0 Å². The highest BCUT2D eigenvalue weighted by molar-refractivity contribution is 7.92. The van der Waals surface area contributed by atoms with E-state index < -0.39 is 40.2 Å². The number of sulfonamides is 1. The second kappa shape index (κ2) is 16.9. The molecule has 9 nitrogen and oxygen atoms in total. The molecule has 4 aromatic carbocycles. The molecule has 0 radical (unpaired) electrons. The standard InChI is InChI=1S/C36H38Cl2FN3O6S/c1-24(2)21-40-36(44)32(19-25-9-6-5-7-10-25)41(22-29-30(37)11-8-12-31(29)38)35(43)23-42(27-15-13-26(39)14-16-27)49(45,46)28-17-18-33(47-3)34(20-28)48-4/h5-18,20,24,32H,19,21-23H2,1-4H3,(H,40,44)/t32-/m0/s1. The highest BCUT2D eigenvalue weighted by atomic mass is 35.5. The second-order valence-electron chi connectivity index (χ2n) is 11.6. The van der Waals surface area contributed by atoms with Gasteiger partial charge in [-0.3, -0.25) is 13.9 Å². The summed E-state index contributed by atoms with van der Waals surface area (Å²) in [4.78, 5) is 29.6. The number of carbonyl (C=O) groups is 2. The second-order valence-corrected chi connectivity index (χ2v) is 14.2. The average molecular weight is 731 g/mol. The molecule has 0 aliphatic carbocycles. The number of hydrogen-bond donors (Lipinski definition) is 1. The van der Waals surface area contributed by atoms with Crippen molar-refractivity contribution in [3.05, 3.63) is 118 Å². The van der Waals surface area contributed by atoms with E-state index in [0.29, 0.717) is 17.9 Å². The van der Waals surface area contributed by atoms with Gasteiger partial charge in [0.05, 0.1) is 24.8 Å². The lowest BCUT2D eigenvalue weighted by Gasteiger charge is -2.34. The van der Waals surface area contributed by atoms with Gasteiger partial charge in [0, 0.05) is 41.2 Å². The summed E-state index contributed by atoms with van der Waals surface area (Å²) in [7, 11) is -1.71. The summed E-state index contributed by atoms with van der Waals surface area (Å²) in [5.41, 5.74) is 1.16. The number of benzene rings is 4. The number of amides is 2. The predicted octanol–water partition coefficient (Wildman–Crippen LogP) is 6.76. The predicted molar refractivity (Wildman–Crippen MR) is 189 cm³/mol. The van der Waals surface area contributed by atoms with E-state index in [0.717, 1.165) is 22.0 Å². The van der Waals surface area contributed by atoms with Gasteiger partial charge in [-0.2, -0.15) is 0 Å². The van der Waals surface area contributed by atoms with Crippen molar-refractivity contribution < 1.29 is 31.9 Å². The van der Waals surface area contributed by atoms with Crippen molar-refractivity contribution in [2.24, 2.45) is 5.92 Å². The topological polar surface area (TPSA) is 105 Å². The van der Waals surface area contributed by atoms with Crippen LogP contribution in [0.15, 0.2) is 95.9 Å². The van der Waals surface area contributed by atoms with Gasteiger partial charge >= 0.3 is 0 Å². The van der Waals surface area contributed by atoms with Gasteiger partial charge in [-0.25, -0.2) is 12.8 Å². The van der Waals surface area contributed by atoms with E-state index in [2.05, 4.69) is 5.32 Å². The average Bonchev–Trinajstić information content (AvgIpc) is 3.09. The lowest BCUT2D eigenvalue weighted by Crippen LogP contribution is -2.53. The van der Waals surface area contributed by atoms with E-state index in [4.69, 9.17) is 32.7 Å². The molecule has 0 spiro atoms. The number of anilines is 1. The first kappa shape index (κ1) is 37.5. The summed E-state index contributed by atoms with van der Waals surface area (Å²) in [6.07, 6.45) is 0.109. The Balaban J connectivity index is 1.85. The molecule has 0 bridgehead atoms. The third kappa shape index (κ3) is 9.44. The number of rotatable bonds is 15. The lowest BCUT2D eigenvalue weighted by molar-refractivity contribution is -0.140. The minimum absolute atomic E-state index is 0.0177. The summed E-state index contributed by atoms with van der Waals surface area (Å²) in [6.45, 7) is 3.26. The van der Waals surface area contributed by atoms with Crippen LogP contribution in [0.2, 0.25) is 10.0 Å². The van der Waals surface area contributed by atoms with Crippen LogP contribution in [0.3, 0.4) is 0 Å². The minimum atomic E-state index is -4.49. The maximum atomic E-state index is 14.6. The summed E-state index contributed by atoms with van der Waals surface area (Å²) in [5.74, 6) is -1.21. The lowest BCUT2D eigenvalue weighted by atomic mass is 10.0. The fourth-order valence-electron chi connectivity index (χ4n) is 5.07. The molecule has 0 aromatic heterocycles. The zero-order valence-electron chi connectivity index (χ0n) is 27.5. The number of ether oxygens (including phenoxy) is 2. The number of nitrogens with zero attached hydrogens (tertiary/aromatic N) is 2. The molecule has 0 fully saturated rings. The third-order valence-electron chi connectivity index (χ3n) is 7.68. The maximum absolute atomic E-state index is 14.6. The minimum Gasteiger partial charge on any atom is -0.493 e. The highest BCUT2D eigenvalue weighted by Crippen LogP contribution is 2.33. The van der Waals surface area contributed by atoms with Gasteiger partial charge < -0.3 is 19.7 Å². The Kier molecular flexibility index (Phi) is 12.9. The molecule has 0 unspecified atom stereocenters. The van der Waals surface area contributed by atoms with Crippen LogP contribution in [0.1, 0.15) is 25.0 Å². The molecule has 0 aliphatic heterocycles. The molecule has 49 heavy (non-hydrogen) atoms. The molecule has 4 rings (SSSR count). The zero-order chi connectivity index (χ0) is 35.7. The Morgan fingerprint density at radius 2 is 1.49 bits per heavy atom. The van der Waals surface area contributed by atoms with Gasteiger partial charge in [0.2, 0.25) is 11.8 Å². The van der Waals surface area contributed by atoms with Crippen molar-refractivity contribution in [3.8, 4) is 11.5 Å². The van der Waals surface area contributed by atoms with Crippen molar-refractivity contribution >= 4 is 50.7 Å². The summed E-state index contributed by atoms with van der Waals surface area (Å²) in [6, 6.07) is 21.6. The van der Waals surface area contributed by atoms with Crippen molar-refractivity contribution in [3.63, 3.8) is 0 Å². The van der Waals surface area contributed by atoms with Gasteiger partial charge in [-0.15, -0.1) is 0 Å². The normalized spacial score (nSPS) is 11.9. The van der Waals surface area contributed by atoms with Crippen LogP contribution in [0.5, 0.6) is 11.5 Å². The molecule has 0 saturated carbocycles. The Morgan fingerprint density at radius 1 is 0.857 bits per heavy atom. The van der Waals surface area contributed by atoms with Crippen LogP contribution in [0, 0.1) is 11.7 Å². The van der Waals surface area contributed by atoms with Gasteiger partial charge in [0.15, 0.2) is 11.5 Å². The summed E-state index contributed by atoms with van der Waals surface area (Å²) < 4.78 is 54.2. The monoisotopic (exact) mass is 729 g/mol. The Labute approximate surface area is 296 Å². The summed E-state index contributed by atoms with van der Waals surface area (Å²) in [5, 5.41) is 3.45. The fraction of sp³-hybridized carbons (Fsp3) is 0.278. The van der Waals surface area contributed by atoms with Crippen LogP contribution >= 0.6 is 23.2 Å². The maximum Gasteiger partial charge on any atom is 0.264 e. The third-order valence-corrected chi connectivity index (χ3v) is 10.2. The van der Waals surface area contributed by atoms with E-state index in [9.17, 15) is 22.4 Å². The molecule has 13 heteroatoms. The van der Waals surface area contributed by atoms with E-state index in [1.54, 1.807) is 18.2 Å². The number of carbonyl (C=O) groups excluding carboxylic acids is 2. The van der Waals surface area contributed by atoms with Gasteiger partial charge in [0.1, 0.15) is 18.4 Å². The molecule has 2 amide bonds. The van der Waals surface area contributed by atoms with Crippen LogP contribution in [-0.2, 0) is 32.6 Å². The first-order valence-corrected chi connectivity index (χ1v) is 17.6. The Bertz CT molecular complexity index is 1840. The van der Waals surface area contributed by atoms with Gasteiger partial charge in [-0.05, 0) is 60.0 Å². The molecule has 1 atom stereocenters. The summed E-state index contributed by atoms with van der Waals surface area (Å²) >= 11 is 13.1. The van der Waals surface area contributed by atoms with E-state index in [-0.39, 0.29) is 45.3 Å². The molecule has 260 valence electrons. The van der Waals surface area contributed by atoms with Crippen molar-refractivity contribution in [2.75, 3.05) is 31.6 Å². The van der Waals surface area contributed by atoms with Gasteiger partial charge in [0.25, 0.3) is 10.0 Å². The van der Waals surface area contributed by atoms with Crippen LogP contribution < -0.4 is 19.1 Å². The molecular weight excluding hydrogens is 692 g/mol. The molecule has 0 heterocycles. The molecule has 4 aromatic rings. The van der Waals surface area contributed by atoms with Crippen molar-refractivity contribution in [1.82, 2.24) is 10.2 Å². The first-order valence-electron chi connectivity index (χ1n) is 15.4.